The van der Waals surface area contributed by atoms with Gasteiger partial charge in [0.1, 0.15) is 5.69 Å². The first-order valence-electron chi connectivity index (χ1n) is 6.82. The largest absolute Gasteiger partial charge is 0.355 e. The standard InChI is InChI=1S/C15H15N5O2/c1-7-5-6-11(19-18-7)14-17-15(22-20-14)12-8(2)13(10(4)21)16-9(12)3/h5-6,16H,1-4H3. The van der Waals surface area contributed by atoms with Gasteiger partial charge in [-0.05, 0) is 38.5 Å². The number of Topliss-reactive ketones (excluding diaryl/α,β-unsaturated/α-hetero) is 1. The summed E-state index contributed by atoms with van der Waals surface area (Å²) in [5.41, 5.74) is 4.28. The second-order valence-electron chi connectivity index (χ2n) is 5.16. The van der Waals surface area contributed by atoms with Crippen LogP contribution in [0.1, 0.15) is 34.4 Å². The molecule has 3 aromatic rings. The Bertz CT molecular complexity index is 845. The van der Waals surface area contributed by atoms with Crippen molar-refractivity contribution in [1.82, 2.24) is 25.3 Å². The number of carbonyl (C=O) groups excluding carboxylic acids is 1. The second kappa shape index (κ2) is 5.18. The minimum atomic E-state index is -0.0315. The van der Waals surface area contributed by atoms with Crippen molar-refractivity contribution in [2.24, 2.45) is 0 Å². The molecule has 112 valence electrons. The number of aromatic nitrogens is 5. The predicted molar refractivity (Wildman–Crippen MR) is 79.3 cm³/mol. The number of hydrogen-bond donors (Lipinski definition) is 1. The second-order valence-corrected chi connectivity index (χ2v) is 5.16. The van der Waals surface area contributed by atoms with E-state index in [4.69, 9.17) is 4.52 Å². The average molecular weight is 297 g/mol. The van der Waals surface area contributed by atoms with Crippen molar-refractivity contribution in [2.45, 2.75) is 27.7 Å². The minimum Gasteiger partial charge on any atom is -0.355 e. The van der Waals surface area contributed by atoms with E-state index in [0.717, 1.165) is 22.5 Å². The monoisotopic (exact) mass is 297 g/mol. The fourth-order valence-electron chi connectivity index (χ4n) is 2.37. The van der Waals surface area contributed by atoms with Crippen LogP contribution in [0.3, 0.4) is 0 Å². The molecule has 0 aromatic carbocycles. The van der Waals surface area contributed by atoms with Crippen molar-refractivity contribution in [2.75, 3.05) is 0 Å². The first kappa shape index (κ1) is 14.1. The fraction of sp³-hybridized carbons (Fsp3) is 0.267. The van der Waals surface area contributed by atoms with Gasteiger partial charge >= 0.3 is 0 Å². The van der Waals surface area contributed by atoms with Gasteiger partial charge in [0.15, 0.2) is 5.78 Å². The van der Waals surface area contributed by atoms with E-state index in [1.807, 2.05) is 26.8 Å². The van der Waals surface area contributed by atoms with Crippen LogP contribution < -0.4 is 0 Å². The smallest absolute Gasteiger partial charge is 0.260 e. The summed E-state index contributed by atoms with van der Waals surface area (Å²) in [6.45, 7) is 7.09. The number of aryl methyl sites for hydroxylation is 2. The molecule has 0 saturated carbocycles. The highest BCUT2D eigenvalue weighted by Gasteiger charge is 2.21. The van der Waals surface area contributed by atoms with Crippen LogP contribution in [-0.4, -0.2) is 31.1 Å². The van der Waals surface area contributed by atoms with Crippen molar-refractivity contribution in [3.8, 4) is 23.0 Å². The third kappa shape index (κ3) is 2.30. The Morgan fingerprint density at radius 1 is 1.18 bits per heavy atom. The van der Waals surface area contributed by atoms with Crippen LogP contribution in [0.4, 0.5) is 0 Å². The molecule has 7 nitrogen and oxygen atoms in total. The van der Waals surface area contributed by atoms with E-state index in [1.165, 1.54) is 6.92 Å². The molecule has 0 bridgehead atoms. The van der Waals surface area contributed by atoms with Gasteiger partial charge < -0.3 is 9.51 Å². The summed E-state index contributed by atoms with van der Waals surface area (Å²) < 4.78 is 5.33. The summed E-state index contributed by atoms with van der Waals surface area (Å²) >= 11 is 0. The number of rotatable bonds is 3. The summed E-state index contributed by atoms with van der Waals surface area (Å²) in [5, 5.41) is 12.0. The van der Waals surface area contributed by atoms with Gasteiger partial charge in [-0.25, -0.2) is 0 Å². The molecule has 0 amide bonds. The molecule has 0 radical (unpaired) electrons. The molecule has 1 N–H and O–H groups in total. The van der Waals surface area contributed by atoms with E-state index in [-0.39, 0.29) is 5.78 Å². The molecule has 0 atom stereocenters. The van der Waals surface area contributed by atoms with Crippen LogP contribution in [0, 0.1) is 20.8 Å². The molecule has 3 rings (SSSR count). The zero-order valence-corrected chi connectivity index (χ0v) is 12.8. The number of aromatic amines is 1. The summed E-state index contributed by atoms with van der Waals surface area (Å²) in [5.74, 6) is 0.694. The Labute approximate surface area is 126 Å². The van der Waals surface area contributed by atoms with E-state index < -0.39 is 0 Å². The van der Waals surface area contributed by atoms with Crippen molar-refractivity contribution >= 4 is 5.78 Å². The maximum Gasteiger partial charge on any atom is 0.260 e. The SMILES string of the molecule is CC(=O)c1[nH]c(C)c(-c2nc(-c3ccc(C)nn3)no2)c1C. The lowest BCUT2D eigenvalue weighted by Gasteiger charge is -1.95. The summed E-state index contributed by atoms with van der Waals surface area (Å²) in [4.78, 5) is 19.0. The Balaban J connectivity index is 2.04. The molecule has 0 aliphatic rings. The molecular formula is C15H15N5O2. The molecule has 0 fully saturated rings. The van der Waals surface area contributed by atoms with E-state index in [1.54, 1.807) is 6.07 Å². The molecule has 0 saturated heterocycles. The molecule has 3 heterocycles. The zero-order chi connectivity index (χ0) is 15.9. The number of ketones is 1. The van der Waals surface area contributed by atoms with Gasteiger partial charge in [0.2, 0.25) is 5.82 Å². The number of nitrogens with zero attached hydrogens (tertiary/aromatic N) is 4. The zero-order valence-electron chi connectivity index (χ0n) is 12.8. The van der Waals surface area contributed by atoms with E-state index in [2.05, 4.69) is 25.3 Å². The van der Waals surface area contributed by atoms with Gasteiger partial charge in [-0.1, -0.05) is 5.16 Å². The van der Waals surface area contributed by atoms with Crippen LogP contribution >= 0.6 is 0 Å². The highest BCUT2D eigenvalue weighted by atomic mass is 16.5. The molecule has 7 heteroatoms. The maximum atomic E-state index is 11.6. The van der Waals surface area contributed by atoms with Crippen molar-refractivity contribution in [3.63, 3.8) is 0 Å². The minimum absolute atomic E-state index is 0.0315. The molecule has 0 aliphatic heterocycles. The first-order chi connectivity index (χ1) is 10.5. The van der Waals surface area contributed by atoms with Crippen molar-refractivity contribution < 1.29 is 9.32 Å². The summed E-state index contributed by atoms with van der Waals surface area (Å²) in [6.07, 6.45) is 0. The third-order valence-electron chi connectivity index (χ3n) is 3.46. The molecule has 22 heavy (non-hydrogen) atoms. The lowest BCUT2D eigenvalue weighted by Crippen LogP contribution is -1.94. The Morgan fingerprint density at radius 2 is 1.95 bits per heavy atom. The Morgan fingerprint density at radius 3 is 2.55 bits per heavy atom. The molecule has 3 aromatic heterocycles. The lowest BCUT2D eigenvalue weighted by atomic mass is 10.1. The van der Waals surface area contributed by atoms with E-state index in [9.17, 15) is 4.79 Å². The Hall–Kier alpha value is -2.83. The third-order valence-corrected chi connectivity index (χ3v) is 3.46. The van der Waals surface area contributed by atoms with E-state index in [0.29, 0.717) is 23.1 Å². The van der Waals surface area contributed by atoms with Crippen molar-refractivity contribution in [3.05, 3.63) is 34.8 Å². The normalized spacial score (nSPS) is 10.9. The number of hydrogen-bond acceptors (Lipinski definition) is 6. The Kier molecular flexibility index (Phi) is 3.32. The van der Waals surface area contributed by atoms with Gasteiger partial charge in [0.05, 0.1) is 17.0 Å². The van der Waals surface area contributed by atoms with Crippen molar-refractivity contribution in [1.29, 1.82) is 0 Å². The quantitative estimate of drug-likeness (QED) is 0.746. The van der Waals surface area contributed by atoms with Gasteiger partial charge in [-0.3, -0.25) is 4.79 Å². The number of nitrogens with one attached hydrogen (secondary N) is 1. The average Bonchev–Trinajstić information content (AvgIpc) is 3.04. The highest BCUT2D eigenvalue weighted by molar-refractivity contribution is 5.96. The predicted octanol–water partition coefficient (Wildman–Crippen LogP) is 2.65. The molecular weight excluding hydrogens is 282 g/mol. The maximum absolute atomic E-state index is 11.6. The van der Waals surface area contributed by atoms with Gasteiger partial charge in [-0.15, -0.1) is 5.10 Å². The fourth-order valence-corrected chi connectivity index (χ4v) is 2.37. The van der Waals surface area contributed by atoms with E-state index >= 15 is 0 Å². The van der Waals surface area contributed by atoms with Crippen LogP contribution in [0.2, 0.25) is 0 Å². The summed E-state index contributed by atoms with van der Waals surface area (Å²) in [6, 6.07) is 3.62. The van der Waals surface area contributed by atoms with Gasteiger partial charge in [-0.2, -0.15) is 10.1 Å². The van der Waals surface area contributed by atoms with Gasteiger partial charge in [0, 0.05) is 12.6 Å². The highest BCUT2D eigenvalue weighted by Crippen LogP contribution is 2.29. The van der Waals surface area contributed by atoms with Crippen LogP contribution in [-0.2, 0) is 0 Å². The topological polar surface area (TPSA) is 97.6 Å². The number of H-pyrrole nitrogens is 1. The molecule has 0 unspecified atom stereocenters. The number of carbonyl (C=O) groups is 1. The van der Waals surface area contributed by atoms with Gasteiger partial charge in [0.25, 0.3) is 5.89 Å². The molecule has 0 aliphatic carbocycles. The lowest BCUT2D eigenvalue weighted by molar-refractivity contribution is 0.101. The summed E-state index contributed by atoms with van der Waals surface area (Å²) in [7, 11) is 0. The van der Waals surface area contributed by atoms with Crippen LogP contribution in [0.15, 0.2) is 16.7 Å². The molecule has 0 spiro atoms. The first-order valence-corrected chi connectivity index (χ1v) is 6.82. The van der Waals surface area contributed by atoms with Crippen LogP contribution in [0.5, 0.6) is 0 Å². The van der Waals surface area contributed by atoms with Crippen LogP contribution in [0.25, 0.3) is 23.0 Å².